The molecule has 0 atom stereocenters. The highest BCUT2D eigenvalue weighted by atomic mass is 32.2. The third kappa shape index (κ3) is 4.29. The molecule has 0 saturated heterocycles. The number of imidazole rings is 1. The van der Waals surface area contributed by atoms with Crippen LogP contribution in [0.25, 0.3) is 11.0 Å². The molecule has 0 spiro atoms. The highest BCUT2D eigenvalue weighted by Crippen LogP contribution is 2.28. The number of benzene rings is 1. The monoisotopic (exact) mass is 404 g/mol. The summed E-state index contributed by atoms with van der Waals surface area (Å²) >= 11 is 1.42. The standard InChI is InChI=1S/C21H26F2N4S/c1-4-7-18-26-19-20(13(2)14(3)25-21(19)24)27(18)10-5-6-11-28-17-9-8-15(22)12-16(17)23/h8-9,12H,4-7,10-11H2,1-3H3,(H2,24,25). The molecule has 0 amide bonds. The van der Waals surface area contributed by atoms with Gasteiger partial charge in [-0.25, -0.2) is 18.7 Å². The van der Waals surface area contributed by atoms with E-state index in [9.17, 15) is 8.78 Å². The van der Waals surface area contributed by atoms with E-state index in [1.807, 2.05) is 6.92 Å². The molecule has 0 fully saturated rings. The highest BCUT2D eigenvalue weighted by molar-refractivity contribution is 7.99. The van der Waals surface area contributed by atoms with E-state index in [1.165, 1.54) is 23.9 Å². The second-order valence-corrected chi connectivity index (χ2v) is 8.10. The molecule has 7 heteroatoms. The van der Waals surface area contributed by atoms with Crippen molar-refractivity contribution in [2.24, 2.45) is 0 Å². The lowest BCUT2D eigenvalue weighted by Crippen LogP contribution is -2.06. The summed E-state index contributed by atoms with van der Waals surface area (Å²) in [5.74, 6) is 1.26. The molecule has 28 heavy (non-hydrogen) atoms. The van der Waals surface area contributed by atoms with Crippen molar-refractivity contribution in [2.75, 3.05) is 11.5 Å². The van der Waals surface area contributed by atoms with Crippen LogP contribution in [0.1, 0.15) is 43.3 Å². The molecule has 3 rings (SSSR count). The minimum absolute atomic E-state index is 0.483. The minimum Gasteiger partial charge on any atom is -0.382 e. The van der Waals surface area contributed by atoms with Crippen molar-refractivity contribution < 1.29 is 8.78 Å². The summed E-state index contributed by atoms with van der Waals surface area (Å²) in [7, 11) is 0. The molecule has 0 aliphatic heterocycles. The van der Waals surface area contributed by atoms with E-state index >= 15 is 0 Å². The Morgan fingerprint density at radius 1 is 1.14 bits per heavy atom. The van der Waals surface area contributed by atoms with E-state index in [0.717, 1.165) is 72.2 Å². The van der Waals surface area contributed by atoms with Gasteiger partial charge in [0.2, 0.25) is 0 Å². The van der Waals surface area contributed by atoms with Gasteiger partial charge in [-0.15, -0.1) is 11.8 Å². The van der Waals surface area contributed by atoms with Crippen LogP contribution < -0.4 is 5.73 Å². The van der Waals surface area contributed by atoms with Crippen molar-refractivity contribution in [2.45, 2.75) is 57.9 Å². The van der Waals surface area contributed by atoms with Crippen molar-refractivity contribution >= 4 is 28.6 Å². The Hall–Kier alpha value is -2.15. The molecule has 2 heterocycles. The van der Waals surface area contributed by atoms with Gasteiger partial charge in [0.15, 0.2) is 5.82 Å². The number of anilines is 1. The summed E-state index contributed by atoms with van der Waals surface area (Å²) in [5, 5.41) is 0. The fourth-order valence-electron chi connectivity index (χ4n) is 3.35. The molecule has 0 aliphatic rings. The van der Waals surface area contributed by atoms with Crippen molar-refractivity contribution in [3.05, 3.63) is 46.9 Å². The predicted octanol–water partition coefficient (Wildman–Crippen LogP) is 5.43. The smallest absolute Gasteiger partial charge is 0.151 e. The van der Waals surface area contributed by atoms with Gasteiger partial charge in [0.25, 0.3) is 0 Å². The maximum atomic E-state index is 13.7. The van der Waals surface area contributed by atoms with Gasteiger partial charge >= 0.3 is 0 Å². The van der Waals surface area contributed by atoms with Crippen molar-refractivity contribution in [1.82, 2.24) is 14.5 Å². The van der Waals surface area contributed by atoms with Crippen molar-refractivity contribution in [3.8, 4) is 0 Å². The zero-order chi connectivity index (χ0) is 20.3. The van der Waals surface area contributed by atoms with Gasteiger partial charge in [-0.05, 0) is 56.6 Å². The summed E-state index contributed by atoms with van der Waals surface area (Å²) in [5.41, 5.74) is 10.0. The van der Waals surface area contributed by atoms with E-state index in [-0.39, 0.29) is 0 Å². The third-order valence-corrected chi connectivity index (χ3v) is 6.01. The van der Waals surface area contributed by atoms with Gasteiger partial charge in [-0.1, -0.05) is 6.92 Å². The number of aromatic nitrogens is 3. The van der Waals surface area contributed by atoms with Gasteiger partial charge in [-0.3, -0.25) is 0 Å². The first-order valence-electron chi connectivity index (χ1n) is 9.62. The van der Waals surface area contributed by atoms with Gasteiger partial charge in [0, 0.05) is 29.6 Å². The Morgan fingerprint density at radius 2 is 1.93 bits per heavy atom. The maximum Gasteiger partial charge on any atom is 0.151 e. The van der Waals surface area contributed by atoms with E-state index in [0.29, 0.717) is 10.7 Å². The van der Waals surface area contributed by atoms with Crippen LogP contribution in [0.4, 0.5) is 14.6 Å². The Morgan fingerprint density at radius 3 is 2.64 bits per heavy atom. The number of thioether (sulfide) groups is 1. The first-order valence-corrected chi connectivity index (χ1v) is 10.6. The number of hydrogen-bond donors (Lipinski definition) is 1. The zero-order valence-corrected chi connectivity index (χ0v) is 17.4. The lowest BCUT2D eigenvalue weighted by atomic mass is 10.2. The predicted molar refractivity (Wildman–Crippen MR) is 112 cm³/mol. The number of aryl methyl sites for hydroxylation is 4. The van der Waals surface area contributed by atoms with Crippen molar-refractivity contribution in [3.63, 3.8) is 0 Å². The summed E-state index contributed by atoms with van der Waals surface area (Å²) in [6.07, 6.45) is 3.76. The number of nitrogens with two attached hydrogens (primary N) is 1. The van der Waals surface area contributed by atoms with Gasteiger partial charge in [0.05, 0.1) is 5.52 Å². The van der Waals surface area contributed by atoms with Gasteiger partial charge < -0.3 is 10.3 Å². The van der Waals surface area contributed by atoms with E-state index in [1.54, 1.807) is 0 Å². The van der Waals surface area contributed by atoms with Crippen LogP contribution in [0, 0.1) is 25.5 Å². The Balaban J connectivity index is 1.70. The molecule has 150 valence electrons. The molecular formula is C21H26F2N4S. The number of nitrogen functional groups attached to an aromatic ring is 1. The van der Waals surface area contributed by atoms with Gasteiger partial charge in [0.1, 0.15) is 23.0 Å². The molecule has 0 bridgehead atoms. The Bertz CT molecular complexity index is 984. The van der Waals surface area contributed by atoms with Crippen molar-refractivity contribution in [1.29, 1.82) is 0 Å². The van der Waals surface area contributed by atoms with Crippen LogP contribution in [-0.2, 0) is 13.0 Å². The number of pyridine rings is 1. The number of fused-ring (bicyclic) bond motifs is 1. The fourth-order valence-corrected chi connectivity index (χ4v) is 4.28. The third-order valence-electron chi connectivity index (χ3n) is 4.88. The number of rotatable bonds is 8. The zero-order valence-electron chi connectivity index (χ0n) is 16.6. The Labute approximate surface area is 168 Å². The van der Waals surface area contributed by atoms with E-state index < -0.39 is 11.6 Å². The first-order chi connectivity index (χ1) is 13.4. The van der Waals surface area contributed by atoms with Crippen LogP contribution in [0.2, 0.25) is 0 Å². The molecular weight excluding hydrogens is 378 g/mol. The van der Waals surface area contributed by atoms with Gasteiger partial charge in [-0.2, -0.15) is 0 Å². The van der Waals surface area contributed by atoms with Crippen LogP contribution in [-0.4, -0.2) is 20.3 Å². The molecule has 1 aromatic carbocycles. The summed E-state index contributed by atoms with van der Waals surface area (Å²) in [6, 6.07) is 3.73. The van der Waals surface area contributed by atoms with Crippen LogP contribution in [0.15, 0.2) is 23.1 Å². The van der Waals surface area contributed by atoms with Crippen LogP contribution in [0.3, 0.4) is 0 Å². The summed E-state index contributed by atoms with van der Waals surface area (Å²) in [4.78, 5) is 9.66. The largest absolute Gasteiger partial charge is 0.382 e. The molecule has 0 radical (unpaired) electrons. The van der Waals surface area contributed by atoms with E-state index in [4.69, 9.17) is 10.7 Å². The molecule has 3 aromatic rings. The second-order valence-electron chi connectivity index (χ2n) is 6.96. The number of hydrogen-bond acceptors (Lipinski definition) is 4. The highest BCUT2D eigenvalue weighted by Gasteiger charge is 2.17. The summed E-state index contributed by atoms with van der Waals surface area (Å²) in [6.45, 7) is 7.00. The fraction of sp³-hybridized carbons (Fsp3) is 0.429. The summed E-state index contributed by atoms with van der Waals surface area (Å²) < 4.78 is 29.0. The van der Waals surface area contributed by atoms with E-state index in [2.05, 4.69) is 23.4 Å². The first kappa shape index (κ1) is 20.6. The molecule has 0 aliphatic carbocycles. The lowest BCUT2D eigenvalue weighted by Gasteiger charge is -2.11. The quantitative estimate of drug-likeness (QED) is 0.402. The molecule has 4 nitrogen and oxygen atoms in total. The average Bonchev–Trinajstić information content (AvgIpc) is 3.00. The second kappa shape index (κ2) is 8.90. The molecule has 2 aromatic heterocycles. The topological polar surface area (TPSA) is 56.7 Å². The number of unbranched alkanes of at least 4 members (excludes halogenated alkanes) is 1. The SMILES string of the molecule is CCCc1nc2c(N)nc(C)c(C)c2n1CCCCSc1ccc(F)cc1F. The number of nitrogens with zero attached hydrogens (tertiary/aromatic N) is 3. The van der Waals surface area contributed by atoms with Crippen LogP contribution >= 0.6 is 11.8 Å². The number of halogens is 2. The van der Waals surface area contributed by atoms with Crippen LogP contribution in [0.5, 0.6) is 0 Å². The normalized spacial score (nSPS) is 11.5. The lowest BCUT2D eigenvalue weighted by molar-refractivity contribution is 0.565. The average molecular weight is 405 g/mol. The molecule has 0 unspecified atom stereocenters. The maximum absolute atomic E-state index is 13.7. The molecule has 0 saturated carbocycles. The Kier molecular flexibility index (Phi) is 6.54. The minimum atomic E-state index is -0.545. The molecule has 2 N–H and O–H groups in total.